The summed E-state index contributed by atoms with van der Waals surface area (Å²) in [4.78, 5) is 23.2. The van der Waals surface area contributed by atoms with Crippen molar-refractivity contribution in [2.24, 2.45) is 5.92 Å². The number of aliphatic hydroxyl groups is 1. The Morgan fingerprint density at radius 2 is 2.00 bits per heavy atom. The maximum absolute atomic E-state index is 11.8. The average Bonchev–Trinajstić information content (AvgIpc) is 2.23. The highest BCUT2D eigenvalue weighted by Crippen LogP contribution is 2.24. The lowest BCUT2D eigenvalue weighted by Gasteiger charge is -2.25. The second-order valence-electron chi connectivity index (χ2n) is 5.82. The van der Waals surface area contributed by atoms with E-state index in [0.29, 0.717) is 6.42 Å². The van der Waals surface area contributed by atoms with Crippen LogP contribution in [0.5, 0.6) is 0 Å². The molecule has 1 aliphatic carbocycles. The van der Waals surface area contributed by atoms with Crippen LogP contribution >= 0.6 is 0 Å². The van der Waals surface area contributed by atoms with Crippen LogP contribution in [-0.2, 0) is 14.3 Å². The third kappa shape index (κ3) is 5.49. The topological polar surface area (TPSA) is 75.6 Å². The molecule has 0 radical (unpaired) electrons. The normalized spacial score (nSPS) is 24.4. The molecular formula is C13H23NO4. The number of hydrogen-bond donors (Lipinski definition) is 2. The van der Waals surface area contributed by atoms with Crippen LogP contribution in [0.3, 0.4) is 0 Å². The molecule has 1 fully saturated rings. The van der Waals surface area contributed by atoms with Crippen LogP contribution in [0.15, 0.2) is 0 Å². The Morgan fingerprint density at radius 1 is 1.33 bits per heavy atom. The predicted molar refractivity (Wildman–Crippen MR) is 66.8 cm³/mol. The van der Waals surface area contributed by atoms with Crippen molar-refractivity contribution in [3.63, 3.8) is 0 Å². The molecule has 0 bridgehead atoms. The van der Waals surface area contributed by atoms with Gasteiger partial charge in [-0.25, -0.2) is 0 Å². The largest absolute Gasteiger partial charge is 0.459 e. The van der Waals surface area contributed by atoms with E-state index in [4.69, 9.17) is 4.74 Å². The molecule has 2 atom stereocenters. The molecule has 5 heteroatoms. The highest BCUT2D eigenvalue weighted by molar-refractivity contribution is 5.83. The molecule has 0 heterocycles. The van der Waals surface area contributed by atoms with E-state index in [-0.39, 0.29) is 18.4 Å². The lowest BCUT2D eigenvalue weighted by Crippen LogP contribution is -2.39. The summed E-state index contributed by atoms with van der Waals surface area (Å²) in [6, 6.07) is 0. The van der Waals surface area contributed by atoms with Crippen molar-refractivity contribution in [1.82, 2.24) is 5.32 Å². The number of nitrogens with one attached hydrogen (secondary N) is 1. The molecule has 104 valence electrons. The molecule has 1 rings (SSSR count). The molecule has 0 aromatic rings. The minimum Gasteiger partial charge on any atom is -0.459 e. The fraction of sp³-hybridized carbons (Fsp3) is 0.846. The summed E-state index contributed by atoms with van der Waals surface area (Å²) in [5, 5.41) is 12.1. The maximum Gasteiger partial charge on any atom is 0.325 e. The molecule has 0 saturated heterocycles. The molecule has 0 spiro atoms. The van der Waals surface area contributed by atoms with Gasteiger partial charge in [0.2, 0.25) is 5.91 Å². The minimum atomic E-state index is -0.539. The van der Waals surface area contributed by atoms with Crippen molar-refractivity contribution in [3.05, 3.63) is 0 Å². The lowest BCUT2D eigenvalue weighted by molar-refractivity contribution is -0.154. The Morgan fingerprint density at radius 3 is 2.56 bits per heavy atom. The fourth-order valence-corrected chi connectivity index (χ4v) is 2.08. The molecular weight excluding hydrogens is 234 g/mol. The van der Waals surface area contributed by atoms with E-state index >= 15 is 0 Å². The van der Waals surface area contributed by atoms with E-state index < -0.39 is 17.7 Å². The van der Waals surface area contributed by atoms with Gasteiger partial charge in [-0.3, -0.25) is 9.59 Å². The third-order valence-electron chi connectivity index (χ3n) is 2.84. The van der Waals surface area contributed by atoms with Crippen molar-refractivity contribution < 1.29 is 19.4 Å². The number of carbonyl (C=O) groups excluding carboxylic acids is 2. The number of amides is 1. The van der Waals surface area contributed by atoms with Gasteiger partial charge in [-0.2, -0.15) is 0 Å². The molecule has 2 unspecified atom stereocenters. The number of ether oxygens (including phenoxy) is 1. The summed E-state index contributed by atoms with van der Waals surface area (Å²) in [5.74, 6) is -0.789. The van der Waals surface area contributed by atoms with Crippen LogP contribution in [0.25, 0.3) is 0 Å². The molecule has 1 amide bonds. The Balaban J connectivity index is 2.30. The number of rotatable bonds is 3. The molecule has 1 aliphatic rings. The number of aliphatic hydroxyl groups excluding tert-OH is 1. The summed E-state index contributed by atoms with van der Waals surface area (Å²) in [7, 11) is 0. The average molecular weight is 257 g/mol. The van der Waals surface area contributed by atoms with E-state index in [1.54, 1.807) is 20.8 Å². The van der Waals surface area contributed by atoms with Gasteiger partial charge in [-0.15, -0.1) is 0 Å². The summed E-state index contributed by atoms with van der Waals surface area (Å²) in [5.41, 5.74) is -0.539. The van der Waals surface area contributed by atoms with Crippen LogP contribution in [0, 0.1) is 5.92 Å². The van der Waals surface area contributed by atoms with Gasteiger partial charge in [0.05, 0.1) is 6.10 Å². The fourth-order valence-electron chi connectivity index (χ4n) is 2.08. The second-order valence-corrected chi connectivity index (χ2v) is 5.82. The molecule has 5 nitrogen and oxygen atoms in total. The zero-order valence-electron chi connectivity index (χ0n) is 11.4. The van der Waals surface area contributed by atoms with Crippen LogP contribution in [0.4, 0.5) is 0 Å². The van der Waals surface area contributed by atoms with Gasteiger partial charge in [0.15, 0.2) is 0 Å². The predicted octanol–water partition coefficient (Wildman–Crippen LogP) is 0.995. The number of esters is 1. The van der Waals surface area contributed by atoms with Gasteiger partial charge in [0.25, 0.3) is 0 Å². The van der Waals surface area contributed by atoms with Gasteiger partial charge < -0.3 is 15.2 Å². The number of carbonyl (C=O) groups is 2. The van der Waals surface area contributed by atoms with Crippen molar-refractivity contribution in [3.8, 4) is 0 Å². The third-order valence-corrected chi connectivity index (χ3v) is 2.84. The maximum atomic E-state index is 11.8. The summed E-state index contributed by atoms with van der Waals surface area (Å²) < 4.78 is 5.09. The molecule has 0 aliphatic heterocycles. The van der Waals surface area contributed by atoms with E-state index in [0.717, 1.165) is 19.3 Å². The van der Waals surface area contributed by atoms with E-state index in [2.05, 4.69) is 5.32 Å². The lowest BCUT2D eigenvalue weighted by atomic mass is 9.87. The Kier molecular flexibility index (Phi) is 5.14. The highest BCUT2D eigenvalue weighted by atomic mass is 16.6. The zero-order valence-corrected chi connectivity index (χ0v) is 11.4. The first kappa shape index (κ1) is 15.0. The van der Waals surface area contributed by atoms with E-state index in [1.807, 2.05) is 0 Å². The zero-order chi connectivity index (χ0) is 13.8. The summed E-state index contributed by atoms with van der Waals surface area (Å²) >= 11 is 0. The Labute approximate surface area is 108 Å². The molecule has 0 aromatic heterocycles. The van der Waals surface area contributed by atoms with Crippen molar-refractivity contribution in [2.45, 2.75) is 58.2 Å². The van der Waals surface area contributed by atoms with Crippen molar-refractivity contribution in [2.75, 3.05) is 6.54 Å². The van der Waals surface area contributed by atoms with Crippen LogP contribution in [0.2, 0.25) is 0 Å². The summed E-state index contributed by atoms with van der Waals surface area (Å²) in [6.07, 6.45) is 2.48. The standard InChI is InChI=1S/C13H23NO4/c1-13(2,3)18-11(16)8-14-12(17)9-5-4-6-10(15)7-9/h9-10,15H,4-8H2,1-3H3,(H,14,17). The van der Waals surface area contributed by atoms with Crippen LogP contribution in [0.1, 0.15) is 46.5 Å². The van der Waals surface area contributed by atoms with E-state index in [9.17, 15) is 14.7 Å². The molecule has 2 N–H and O–H groups in total. The Bertz CT molecular complexity index is 309. The van der Waals surface area contributed by atoms with Gasteiger partial charge in [0, 0.05) is 5.92 Å². The van der Waals surface area contributed by atoms with Gasteiger partial charge in [-0.1, -0.05) is 6.42 Å². The summed E-state index contributed by atoms with van der Waals surface area (Å²) in [6.45, 7) is 5.24. The van der Waals surface area contributed by atoms with Gasteiger partial charge >= 0.3 is 5.97 Å². The first-order valence-electron chi connectivity index (χ1n) is 6.45. The van der Waals surface area contributed by atoms with E-state index in [1.165, 1.54) is 0 Å². The Hall–Kier alpha value is -1.10. The van der Waals surface area contributed by atoms with Crippen molar-refractivity contribution in [1.29, 1.82) is 0 Å². The smallest absolute Gasteiger partial charge is 0.325 e. The molecule has 18 heavy (non-hydrogen) atoms. The first-order valence-corrected chi connectivity index (χ1v) is 6.45. The van der Waals surface area contributed by atoms with Gasteiger partial charge in [-0.05, 0) is 40.0 Å². The van der Waals surface area contributed by atoms with Crippen molar-refractivity contribution >= 4 is 11.9 Å². The van der Waals surface area contributed by atoms with Gasteiger partial charge in [0.1, 0.15) is 12.1 Å². The molecule has 0 aromatic carbocycles. The minimum absolute atomic E-state index is 0.108. The van der Waals surface area contributed by atoms with Crippen LogP contribution < -0.4 is 5.32 Å². The first-order chi connectivity index (χ1) is 8.28. The molecule has 1 saturated carbocycles. The monoisotopic (exact) mass is 257 g/mol. The number of hydrogen-bond acceptors (Lipinski definition) is 4. The highest BCUT2D eigenvalue weighted by Gasteiger charge is 2.26. The SMILES string of the molecule is CC(C)(C)OC(=O)CNC(=O)C1CCCC(O)C1. The quantitative estimate of drug-likeness (QED) is 0.739. The second kappa shape index (κ2) is 6.18. The van der Waals surface area contributed by atoms with Crippen LogP contribution in [-0.4, -0.2) is 35.2 Å².